The van der Waals surface area contributed by atoms with Gasteiger partial charge < -0.3 is 5.73 Å². The first-order chi connectivity index (χ1) is 9.29. The van der Waals surface area contributed by atoms with E-state index in [1.54, 1.807) is 16.3 Å². The van der Waals surface area contributed by atoms with Crippen molar-refractivity contribution in [2.75, 3.05) is 6.54 Å². The van der Waals surface area contributed by atoms with Crippen LogP contribution in [0.15, 0.2) is 40.3 Å². The number of aromatic amines is 1. The lowest BCUT2D eigenvalue weighted by molar-refractivity contribution is 0.641. The number of thioether (sulfide) groups is 1. The summed E-state index contributed by atoms with van der Waals surface area (Å²) in [7, 11) is 0. The van der Waals surface area contributed by atoms with E-state index < -0.39 is 0 Å². The number of hydrogen-bond donors (Lipinski definition) is 2. The van der Waals surface area contributed by atoms with Gasteiger partial charge in [-0.25, -0.2) is 9.89 Å². The first-order valence-electron chi connectivity index (χ1n) is 6.38. The topological polar surface area (TPSA) is 76.7 Å². The quantitative estimate of drug-likeness (QED) is 0.815. The number of benzene rings is 1. The molecule has 1 aliphatic carbocycles. The van der Waals surface area contributed by atoms with Crippen LogP contribution in [0.3, 0.4) is 0 Å². The number of nitrogens with one attached hydrogen (secondary N) is 1. The summed E-state index contributed by atoms with van der Waals surface area (Å²) in [6.07, 6.45) is 2.12. The molecule has 2 aromatic rings. The fraction of sp³-hybridized carbons (Fsp3) is 0.385. The second-order valence-corrected chi connectivity index (χ2v) is 5.84. The van der Waals surface area contributed by atoms with E-state index in [0.717, 1.165) is 23.6 Å². The fourth-order valence-electron chi connectivity index (χ4n) is 2.08. The lowest BCUT2D eigenvalue weighted by Gasteiger charge is -2.14. The molecule has 1 heterocycles. The molecule has 1 atom stereocenters. The van der Waals surface area contributed by atoms with Gasteiger partial charge in [0.05, 0.1) is 0 Å². The highest BCUT2D eigenvalue weighted by Crippen LogP contribution is 2.39. The summed E-state index contributed by atoms with van der Waals surface area (Å²) in [5.74, 6) is 0. The third kappa shape index (κ3) is 2.59. The highest BCUT2D eigenvalue weighted by Gasteiger charge is 2.29. The predicted octanol–water partition coefficient (Wildman–Crippen LogP) is 1.70. The predicted molar refractivity (Wildman–Crippen MR) is 75.2 cm³/mol. The number of rotatable bonds is 5. The molecule has 6 heteroatoms. The Bertz CT molecular complexity index is 603. The molecular weight excluding hydrogens is 260 g/mol. The smallest absolute Gasteiger partial charge is 0.329 e. The van der Waals surface area contributed by atoms with Gasteiger partial charge in [-0.2, -0.15) is 0 Å². The Morgan fingerprint density at radius 3 is 2.79 bits per heavy atom. The summed E-state index contributed by atoms with van der Waals surface area (Å²) < 4.78 is 1.76. The van der Waals surface area contributed by atoms with Crippen LogP contribution >= 0.6 is 11.8 Å². The van der Waals surface area contributed by atoms with Crippen molar-refractivity contribution < 1.29 is 0 Å². The Labute approximate surface area is 115 Å². The van der Waals surface area contributed by atoms with Crippen molar-refractivity contribution in [2.24, 2.45) is 5.73 Å². The van der Waals surface area contributed by atoms with Crippen LogP contribution in [0.2, 0.25) is 0 Å². The maximum absolute atomic E-state index is 11.7. The number of nitrogens with two attached hydrogens (primary N) is 1. The molecule has 0 amide bonds. The average molecular weight is 276 g/mol. The van der Waals surface area contributed by atoms with Gasteiger partial charge in [-0.15, -0.1) is 5.10 Å². The van der Waals surface area contributed by atoms with E-state index in [1.165, 1.54) is 0 Å². The minimum absolute atomic E-state index is 0.117. The van der Waals surface area contributed by atoms with Crippen LogP contribution in [0.25, 0.3) is 0 Å². The normalized spacial score (nSPS) is 16.5. The minimum atomic E-state index is -0.117. The Hall–Kier alpha value is -1.53. The third-order valence-electron chi connectivity index (χ3n) is 3.22. The zero-order valence-electron chi connectivity index (χ0n) is 10.5. The Balaban J connectivity index is 1.85. The zero-order chi connectivity index (χ0) is 13.2. The molecule has 0 saturated heterocycles. The van der Waals surface area contributed by atoms with E-state index >= 15 is 0 Å². The summed E-state index contributed by atoms with van der Waals surface area (Å²) in [5, 5.41) is 7.52. The molecule has 1 fully saturated rings. The maximum Gasteiger partial charge on any atom is 0.344 e. The van der Waals surface area contributed by atoms with Crippen LogP contribution in [-0.2, 0) is 0 Å². The van der Waals surface area contributed by atoms with Crippen LogP contribution in [0.5, 0.6) is 0 Å². The van der Waals surface area contributed by atoms with Gasteiger partial charge in [0.2, 0.25) is 0 Å². The largest absolute Gasteiger partial charge is 0.344 e. The molecule has 5 nitrogen and oxygen atoms in total. The van der Waals surface area contributed by atoms with E-state index in [1.807, 2.05) is 18.2 Å². The molecule has 1 saturated carbocycles. The van der Waals surface area contributed by atoms with Gasteiger partial charge in [0.25, 0.3) is 0 Å². The molecule has 3 rings (SSSR count). The molecule has 19 heavy (non-hydrogen) atoms. The minimum Gasteiger partial charge on any atom is -0.329 e. The molecule has 1 aromatic carbocycles. The molecule has 0 radical (unpaired) electrons. The monoisotopic (exact) mass is 276 g/mol. The van der Waals surface area contributed by atoms with Crippen molar-refractivity contribution in [3.05, 3.63) is 46.4 Å². The summed E-state index contributed by atoms with van der Waals surface area (Å²) in [6.45, 7) is 0.514. The average Bonchev–Trinajstić information content (AvgIpc) is 3.21. The molecule has 3 N–H and O–H groups in total. The van der Waals surface area contributed by atoms with Crippen molar-refractivity contribution >= 4 is 11.8 Å². The van der Waals surface area contributed by atoms with Crippen molar-refractivity contribution in [3.8, 4) is 0 Å². The Morgan fingerprint density at radius 2 is 2.16 bits per heavy atom. The van der Waals surface area contributed by atoms with Crippen molar-refractivity contribution in [1.29, 1.82) is 0 Å². The van der Waals surface area contributed by atoms with Crippen LogP contribution in [0, 0.1) is 0 Å². The number of aromatic nitrogens is 3. The number of H-pyrrole nitrogens is 1. The van der Waals surface area contributed by atoms with Gasteiger partial charge in [-0.05, 0) is 18.4 Å². The van der Waals surface area contributed by atoms with Gasteiger partial charge in [0, 0.05) is 17.8 Å². The van der Waals surface area contributed by atoms with Crippen molar-refractivity contribution in [2.45, 2.75) is 29.3 Å². The molecule has 1 aliphatic rings. The number of nitrogens with zero attached hydrogens (tertiary/aromatic N) is 2. The second-order valence-electron chi connectivity index (χ2n) is 4.67. The maximum atomic E-state index is 11.7. The lowest BCUT2D eigenvalue weighted by Crippen LogP contribution is -2.17. The van der Waals surface area contributed by atoms with Crippen LogP contribution in [0.1, 0.15) is 29.7 Å². The summed E-state index contributed by atoms with van der Waals surface area (Å²) in [5.41, 5.74) is 6.90. The highest BCUT2D eigenvalue weighted by molar-refractivity contribution is 7.99. The van der Waals surface area contributed by atoms with E-state index in [-0.39, 0.29) is 10.9 Å². The van der Waals surface area contributed by atoms with Crippen LogP contribution in [-0.4, -0.2) is 21.3 Å². The molecule has 0 bridgehead atoms. The van der Waals surface area contributed by atoms with Gasteiger partial charge >= 0.3 is 5.69 Å². The first-order valence-corrected chi connectivity index (χ1v) is 7.26. The molecule has 0 spiro atoms. The third-order valence-corrected chi connectivity index (χ3v) is 4.47. The standard InChI is InChI=1S/C13H16N4OS/c14-8-11(9-4-2-1-3-5-9)19-13-16-15-12(18)17(13)10-6-7-10/h1-5,10-11H,6-8,14H2,(H,15,18). The van der Waals surface area contributed by atoms with Gasteiger partial charge in [0.1, 0.15) is 0 Å². The second kappa shape index (κ2) is 5.22. The van der Waals surface area contributed by atoms with E-state index in [4.69, 9.17) is 5.73 Å². The van der Waals surface area contributed by atoms with Crippen molar-refractivity contribution in [3.63, 3.8) is 0 Å². The molecule has 100 valence electrons. The van der Waals surface area contributed by atoms with E-state index in [2.05, 4.69) is 22.3 Å². The van der Waals surface area contributed by atoms with Gasteiger partial charge in [0.15, 0.2) is 5.16 Å². The first kappa shape index (κ1) is 12.5. The Kier molecular flexibility index (Phi) is 3.44. The SMILES string of the molecule is NCC(Sc1n[nH]c(=O)n1C1CC1)c1ccccc1. The van der Waals surface area contributed by atoms with Crippen molar-refractivity contribution in [1.82, 2.24) is 14.8 Å². The van der Waals surface area contributed by atoms with Gasteiger partial charge in [-0.3, -0.25) is 4.57 Å². The summed E-state index contributed by atoms with van der Waals surface area (Å²) in [4.78, 5) is 11.7. The van der Waals surface area contributed by atoms with Gasteiger partial charge in [-0.1, -0.05) is 42.1 Å². The molecular formula is C13H16N4OS. The highest BCUT2D eigenvalue weighted by atomic mass is 32.2. The summed E-state index contributed by atoms with van der Waals surface area (Å²) in [6, 6.07) is 10.4. The fourth-order valence-corrected chi connectivity index (χ4v) is 3.16. The summed E-state index contributed by atoms with van der Waals surface area (Å²) >= 11 is 1.55. The van der Waals surface area contributed by atoms with Crippen LogP contribution in [0.4, 0.5) is 0 Å². The molecule has 1 aromatic heterocycles. The van der Waals surface area contributed by atoms with E-state index in [0.29, 0.717) is 12.6 Å². The Morgan fingerprint density at radius 1 is 1.42 bits per heavy atom. The number of hydrogen-bond acceptors (Lipinski definition) is 4. The molecule has 0 aliphatic heterocycles. The van der Waals surface area contributed by atoms with Crippen LogP contribution < -0.4 is 11.4 Å². The zero-order valence-corrected chi connectivity index (χ0v) is 11.3. The lowest BCUT2D eigenvalue weighted by atomic mass is 10.1. The van der Waals surface area contributed by atoms with E-state index in [9.17, 15) is 4.79 Å². The molecule has 1 unspecified atom stereocenters.